The van der Waals surface area contributed by atoms with Gasteiger partial charge in [0.25, 0.3) is 12.3 Å². The zero-order valence-electron chi connectivity index (χ0n) is 21.5. The first-order valence-electron chi connectivity index (χ1n) is 13.2. The molecule has 6 rings (SSSR count). The molecule has 2 saturated carbocycles. The lowest BCUT2D eigenvalue weighted by Gasteiger charge is -2.31. The maximum absolute atomic E-state index is 13.4. The number of nitrogens with zero attached hydrogens (tertiary/aromatic N) is 5. The number of hydrogen-bond acceptors (Lipinski definition) is 7. The van der Waals surface area contributed by atoms with Crippen LogP contribution < -0.4 is 16.0 Å². The summed E-state index contributed by atoms with van der Waals surface area (Å²) in [5, 5.41) is 21.1. The molecule has 2 fully saturated rings. The topological polar surface area (TPSA) is 119 Å². The molecule has 40 heavy (non-hydrogen) atoms. The van der Waals surface area contributed by atoms with Crippen LogP contribution in [0.25, 0.3) is 0 Å². The third kappa shape index (κ3) is 5.06. The summed E-state index contributed by atoms with van der Waals surface area (Å²) in [6, 6.07) is 0.801. The molecular weight excluding hydrogens is 552 g/mol. The Bertz CT molecular complexity index is 1430. The number of carbonyl (C=O) groups excluding carboxylic acids is 2. The fraction of sp³-hybridized carbons (Fsp3) is 0.560. The molecule has 0 spiro atoms. The normalized spacial score (nSPS) is 25.6. The second-order valence-corrected chi connectivity index (χ2v) is 11.8. The Balaban J connectivity index is 1.25. The van der Waals surface area contributed by atoms with Crippen molar-refractivity contribution >= 4 is 39.9 Å². The Kier molecular flexibility index (Phi) is 7.00. The molecule has 2 amide bonds. The maximum atomic E-state index is 13.4. The minimum absolute atomic E-state index is 0.166. The van der Waals surface area contributed by atoms with Crippen LogP contribution in [0.5, 0.6) is 0 Å². The minimum atomic E-state index is -2.72. The number of aryl methyl sites for hydroxylation is 2. The number of hydrogen-bond donors (Lipinski definition) is 3. The van der Waals surface area contributed by atoms with Gasteiger partial charge in [0.2, 0.25) is 11.9 Å². The van der Waals surface area contributed by atoms with Gasteiger partial charge in [0.1, 0.15) is 35.2 Å². The van der Waals surface area contributed by atoms with Gasteiger partial charge >= 0.3 is 0 Å². The molecule has 0 radical (unpaired) electrons. The number of halogens is 4. The number of amides is 2. The summed E-state index contributed by atoms with van der Waals surface area (Å²) in [7, 11) is 1.54. The van der Waals surface area contributed by atoms with Crippen LogP contribution >= 0.6 is 11.3 Å². The van der Waals surface area contributed by atoms with E-state index in [1.165, 1.54) is 28.4 Å². The van der Waals surface area contributed by atoms with Crippen molar-refractivity contribution in [2.45, 2.75) is 75.8 Å². The van der Waals surface area contributed by atoms with E-state index >= 15 is 0 Å². The molecule has 3 aliphatic carbocycles. The fourth-order valence-electron chi connectivity index (χ4n) is 5.46. The van der Waals surface area contributed by atoms with Crippen LogP contribution in [0.1, 0.15) is 71.1 Å². The molecule has 0 bridgehead atoms. The zero-order chi connectivity index (χ0) is 28.1. The van der Waals surface area contributed by atoms with E-state index in [4.69, 9.17) is 0 Å². The molecule has 214 valence electrons. The summed E-state index contributed by atoms with van der Waals surface area (Å²) in [5.41, 5.74) is 0.769. The highest BCUT2D eigenvalue weighted by Gasteiger charge is 2.38. The number of thiophene rings is 1. The van der Waals surface area contributed by atoms with E-state index in [-0.39, 0.29) is 55.3 Å². The molecule has 3 aromatic rings. The van der Waals surface area contributed by atoms with E-state index in [1.54, 1.807) is 11.6 Å². The summed E-state index contributed by atoms with van der Waals surface area (Å²) >= 11 is 1.34. The molecule has 0 aliphatic heterocycles. The van der Waals surface area contributed by atoms with Crippen molar-refractivity contribution in [3.63, 3.8) is 0 Å². The first-order chi connectivity index (χ1) is 19.2. The van der Waals surface area contributed by atoms with E-state index < -0.39 is 24.7 Å². The van der Waals surface area contributed by atoms with Gasteiger partial charge in [0, 0.05) is 36.0 Å². The van der Waals surface area contributed by atoms with Gasteiger partial charge in [-0.1, -0.05) is 0 Å². The minimum Gasteiger partial charge on any atom is -0.349 e. The standard InChI is InChI=1S/C25H28F4N8O2S/c1-36-19(9-17(35-36)21(28)29)32-25-34-30-10-37(25)15-2-3-18-16(8-15)20(23(39)31-14-6-13(27)7-14)24(40-18)33-22(38)11-4-12(26)5-11/h9-15,21H,2-8H2,1H3,(H,31,39)(H,32,34)(H,33,38)/t11-,12+,13-,14-,15-/m0/s1. The molecule has 0 unspecified atom stereocenters. The first kappa shape index (κ1) is 26.7. The lowest BCUT2D eigenvalue weighted by molar-refractivity contribution is -0.124. The number of carbonyl (C=O) groups is 2. The molecule has 3 aromatic heterocycles. The summed E-state index contributed by atoms with van der Waals surface area (Å²) in [5.74, 6) is -0.463. The van der Waals surface area contributed by atoms with Gasteiger partial charge in [-0.25, -0.2) is 17.6 Å². The van der Waals surface area contributed by atoms with Crippen LogP contribution in [-0.2, 0) is 24.7 Å². The van der Waals surface area contributed by atoms with Crippen LogP contribution in [0.3, 0.4) is 0 Å². The molecule has 1 atom stereocenters. The van der Waals surface area contributed by atoms with Crippen molar-refractivity contribution in [2.75, 3.05) is 10.6 Å². The van der Waals surface area contributed by atoms with Crippen LogP contribution in [-0.4, -0.2) is 54.7 Å². The van der Waals surface area contributed by atoms with Gasteiger partial charge in [-0.3, -0.25) is 18.8 Å². The molecule has 10 nitrogen and oxygen atoms in total. The molecule has 0 aromatic carbocycles. The Hall–Kier alpha value is -3.49. The molecule has 0 saturated heterocycles. The number of fused-ring (bicyclic) bond motifs is 1. The predicted molar refractivity (Wildman–Crippen MR) is 138 cm³/mol. The highest BCUT2D eigenvalue weighted by molar-refractivity contribution is 7.17. The van der Waals surface area contributed by atoms with E-state index in [0.29, 0.717) is 41.6 Å². The van der Waals surface area contributed by atoms with E-state index in [0.717, 1.165) is 10.4 Å². The third-order valence-electron chi connectivity index (χ3n) is 7.89. The Morgan fingerprint density at radius 3 is 2.58 bits per heavy atom. The summed E-state index contributed by atoms with van der Waals surface area (Å²) in [6.45, 7) is 0. The number of rotatable bonds is 8. The quantitative estimate of drug-likeness (QED) is 0.340. The summed E-state index contributed by atoms with van der Waals surface area (Å²) < 4.78 is 56.1. The van der Waals surface area contributed by atoms with Crippen LogP contribution in [0, 0.1) is 5.92 Å². The second kappa shape index (κ2) is 10.5. The van der Waals surface area contributed by atoms with Crippen molar-refractivity contribution in [3.8, 4) is 0 Å². The Labute approximate surface area is 230 Å². The highest BCUT2D eigenvalue weighted by Crippen LogP contribution is 2.43. The lowest BCUT2D eigenvalue weighted by atomic mass is 9.83. The fourth-order valence-corrected chi connectivity index (χ4v) is 6.70. The third-order valence-corrected chi connectivity index (χ3v) is 9.10. The average Bonchev–Trinajstić information content (AvgIpc) is 3.58. The van der Waals surface area contributed by atoms with Gasteiger partial charge in [-0.15, -0.1) is 21.5 Å². The SMILES string of the molecule is Cn1nc(C(F)F)cc1Nc1nncn1[C@H]1CCc2sc(NC(=O)[C@H]3C[C@@H](F)C3)c(C(=O)N[C@H]3C[C@H](F)C3)c2C1. The Morgan fingerprint density at radius 2 is 1.90 bits per heavy atom. The number of alkyl halides is 4. The molecular formula is C25H28F4N8O2S. The van der Waals surface area contributed by atoms with Crippen molar-refractivity contribution < 1.29 is 27.2 Å². The van der Waals surface area contributed by atoms with Gasteiger partial charge in [0.15, 0.2) is 0 Å². The Morgan fingerprint density at radius 1 is 1.15 bits per heavy atom. The van der Waals surface area contributed by atoms with Gasteiger partial charge in [-0.05, 0) is 50.5 Å². The van der Waals surface area contributed by atoms with Crippen molar-refractivity contribution in [1.82, 2.24) is 29.9 Å². The highest BCUT2D eigenvalue weighted by atomic mass is 32.1. The van der Waals surface area contributed by atoms with E-state index in [2.05, 4.69) is 31.2 Å². The van der Waals surface area contributed by atoms with Gasteiger partial charge in [0.05, 0.1) is 5.56 Å². The van der Waals surface area contributed by atoms with Crippen LogP contribution in [0.4, 0.5) is 34.3 Å². The monoisotopic (exact) mass is 580 g/mol. The summed E-state index contributed by atoms with van der Waals surface area (Å²) in [6.07, 6.45) is -0.540. The van der Waals surface area contributed by atoms with Crippen molar-refractivity contribution in [1.29, 1.82) is 0 Å². The largest absolute Gasteiger partial charge is 0.349 e. The van der Waals surface area contributed by atoms with Crippen LogP contribution in [0.2, 0.25) is 0 Å². The van der Waals surface area contributed by atoms with Gasteiger partial charge in [-0.2, -0.15) is 5.10 Å². The van der Waals surface area contributed by atoms with E-state index in [9.17, 15) is 27.2 Å². The lowest BCUT2D eigenvalue weighted by Crippen LogP contribution is -2.45. The number of nitrogens with one attached hydrogen (secondary N) is 3. The molecule has 15 heteroatoms. The smallest absolute Gasteiger partial charge is 0.282 e. The first-order valence-corrected chi connectivity index (χ1v) is 14.0. The second-order valence-electron chi connectivity index (χ2n) is 10.7. The molecule has 3 heterocycles. The molecule has 3 aliphatic rings. The van der Waals surface area contributed by atoms with Crippen molar-refractivity contribution in [3.05, 3.63) is 34.1 Å². The predicted octanol–water partition coefficient (Wildman–Crippen LogP) is 4.40. The van der Waals surface area contributed by atoms with Crippen molar-refractivity contribution in [2.24, 2.45) is 13.0 Å². The van der Waals surface area contributed by atoms with Crippen LogP contribution in [0.15, 0.2) is 12.4 Å². The average molecular weight is 581 g/mol. The zero-order valence-corrected chi connectivity index (χ0v) is 22.4. The van der Waals surface area contributed by atoms with E-state index in [1.807, 2.05) is 0 Å². The number of aromatic nitrogens is 5. The van der Waals surface area contributed by atoms with Gasteiger partial charge < -0.3 is 16.0 Å². The molecule has 3 N–H and O–H groups in total. The maximum Gasteiger partial charge on any atom is 0.282 e. The summed E-state index contributed by atoms with van der Waals surface area (Å²) in [4.78, 5) is 27.2. The number of anilines is 3.